The largest absolute Gasteiger partial charge is 0.379 e. The lowest BCUT2D eigenvalue weighted by Gasteiger charge is -2.26. The van der Waals surface area contributed by atoms with Crippen LogP contribution in [-0.2, 0) is 34.3 Å². The second-order valence-corrected chi connectivity index (χ2v) is 11.5. The molecule has 1 aromatic heterocycles. The van der Waals surface area contributed by atoms with Crippen LogP contribution in [0.15, 0.2) is 47.4 Å². The highest BCUT2D eigenvalue weighted by Gasteiger charge is 2.27. The van der Waals surface area contributed by atoms with E-state index in [0.29, 0.717) is 49.2 Å². The summed E-state index contributed by atoms with van der Waals surface area (Å²) >= 11 is 0. The summed E-state index contributed by atoms with van der Waals surface area (Å²) in [6.45, 7) is 11.7. The molecule has 1 atom stereocenters. The molecule has 1 N–H and O–H groups in total. The van der Waals surface area contributed by atoms with Gasteiger partial charge in [0.1, 0.15) is 5.82 Å². The number of rotatable bonds is 10. The topological polar surface area (TPSA) is 76.5 Å². The maximum absolute atomic E-state index is 13.1. The Kier molecular flexibility index (Phi) is 8.27. The third kappa shape index (κ3) is 5.61. The van der Waals surface area contributed by atoms with E-state index in [0.717, 1.165) is 30.7 Å². The van der Waals surface area contributed by atoms with Gasteiger partial charge in [0.15, 0.2) is 0 Å². The molecule has 1 aliphatic heterocycles. The smallest absolute Gasteiger partial charge is 0.243 e. The highest BCUT2D eigenvalue weighted by molar-refractivity contribution is 7.89. The fraction of sp³-hybridized carbons (Fsp3) is 0.519. The lowest BCUT2D eigenvalue weighted by molar-refractivity contribution is 0.0730. The van der Waals surface area contributed by atoms with Gasteiger partial charge in [-0.15, -0.1) is 0 Å². The Balaban J connectivity index is 1.57. The zero-order valence-corrected chi connectivity index (χ0v) is 22.1. The van der Waals surface area contributed by atoms with E-state index in [1.165, 1.54) is 15.4 Å². The van der Waals surface area contributed by atoms with Crippen molar-refractivity contribution in [2.75, 3.05) is 26.3 Å². The number of fused-ring (bicyclic) bond motifs is 1. The summed E-state index contributed by atoms with van der Waals surface area (Å²) in [6, 6.07) is 14.4. The SMILES string of the molecule is CCCc1ccc(C(NCc2nc3cc(S(=O)(=O)N4CCOCC4)ccc3n2CC)C(C)C)cc1. The van der Waals surface area contributed by atoms with Crippen molar-refractivity contribution in [1.82, 2.24) is 19.2 Å². The van der Waals surface area contributed by atoms with Gasteiger partial charge in [0.25, 0.3) is 0 Å². The molecule has 0 amide bonds. The summed E-state index contributed by atoms with van der Waals surface area (Å²) in [4.78, 5) is 5.15. The molecule has 7 nitrogen and oxygen atoms in total. The Morgan fingerprint density at radius 2 is 1.77 bits per heavy atom. The summed E-state index contributed by atoms with van der Waals surface area (Å²) in [5.41, 5.74) is 4.31. The highest BCUT2D eigenvalue weighted by Crippen LogP contribution is 2.26. The van der Waals surface area contributed by atoms with E-state index in [1.54, 1.807) is 12.1 Å². The van der Waals surface area contributed by atoms with Gasteiger partial charge >= 0.3 is 0 Å². The number of imidazole rings is 1. The molecular formula is C27H38N4O3S. The zero-order chi connectivity index (χ0) is 25.0. The van der Waals surface area contributed by atoms with Crippen molar-refractivity contribution in [3.05, 3.63) is 59.4 Å². The van der Waals surface area contributed by atoms with Crippen molar-refractivity contribution in [3.63, 3.8) is 0 Å². The summed E-state index contributed by atoms with van der Waals surface area (Å²) < 4.78 is 35.2. The number of hydrogen-bond acceptors (Lipinski definition) is 5. The van der Waals surface area contributed by atoms with Gasteiger partial charge < -0.3 is 14.6 Å². The number of benzene rings is 2. The first-order valence-electron chi connectivity index (χ1n) is 12.7. The van der Waals surface area contributed by atoms with Crippen LogP contribution in [0.5, 0.6) is 0 Å². The molecule has 190 valence electrons. The van der Waals surface area contributed by atoms with Crippen LogP contribution in [0, 0.1) is 5.92 Å². The first kappa shape index (κ1) is 25.8. The van der Waals surface area contributed by atoms with Crippen molar-refractivity contribution >= 4 is 21.1 Å². The van der Waals surface area contributed by atoms with Gasteiger partial charge in [-0.3, -0.25) is 0 Å². The number of hydrogen-bond donors (Lipinski definition) is 1. The molecule has 3 aromatic rings. The van der Waals surface area contributed by atoms with Crippen LogP contribution >= 0.6 is 0 Å². The van der Waals surface area contributed by atoms with E-state index >= 15 is 0 Å². The Morgan fingerprint density at radius 1 is 1.06 bits per heavy atom. The first-order valence-corrected chi connectivity index (χ1v) is 14.2. The Hall–Kier alpha value is -2.26. The maximum atomic E-state index is 13.1. The molecule has 1 unspecified atom stereocenters. The van der Waals surface area contributed by atoms with Gasteiger partial charge in [-0.05, 0) is 48.6 Å². The number of morpholine rings is 1. The minimum absolute atomic E-state index is 0.202. The number of aromatic nitrogens is 2. The first-order chi connectivity index (χ1) is 16.8. The summed E-state index contributed by atoms with van der Waals surface area (Å²) in [6.07, 6.45) is 2.25. The van der Waals surface area contributed by atoms with Crippen molar-refractivity contribution < 1.29 is 13.2 Å². The van der Waals surface area contributed by atoms with Crippen LogP contribution in [0.3, 0.4) is 0 Å². The predicted molar refractivity (Wildman–Crippen MR) is 140 cm³/mol. The second kappa shape index (κ2) is 11.2. The molecule has 35 heavy (non-hydrogen) atoms. The number of ether oxygens (including phenoxy) is 1. The molecule has 1 aliphatic rings. The van der Waals surface area contributed by atoms with Gasteiger partial charge in [-0.1, -0.05) is 51.5 Å². The predicted octanol–water partition coefficient (Wildman–Crippen LogP) is 4.52. The van der Waals surface area contributed by atoms with Gasteiger partial charge in [-0.25, -0.2) is 13.4 Å². The van der Waals surface area contributed by atoms with Crippen molar-refractivity contribution in [1.29, 1.82) is 0 Å². The lowest BCUT2D eigenvalue weighted by Crippen LogP contribution is -2.40. The van der Waals surface area contributed by atoms with Crippen molar-refractivity contribution in [2.24, 2.45) is 5.92 Å². The van der Waals surface area contributed by atoms with E-state index in [1.807, 2.05) is 6.07 Å². The highest BCUT2D eigenvalue weighted by atomic mass is 32.2. The molecule has 0 aliphatic carbocycles. The molecule has 0 saturated carbocycles. The minimum Gasteiger partial charge on any atom is -0.379 e. The van der Waals surface area contributed by atoms with Crippen molar-refractivity contribution in [2.45, 2.75) is 64.6 Å². The maximum Gasteiger partial charge on any atom is 0.243 e. The average molecular weight is 499 g/mol. The van der Waals surface area contributed by atoms with Crippen molar-refractivity contribution in [3.8, 4) is 0 Å². The molecular weight excluding hydrogens is 460 g/mol. The van der Waals surface area contributed by atoms with E-state index in [9.17, 15) is 8.42 Å². The third-order valence-electron chi connectivity index (χ3n) is 6.75. The van der Waals surface area contributed by atoms with Gasteiger partial charge in [-0.2, -0.15) is 4.31 Å². The van der Waals surface area contributed by atoms with Gasteiger partial charge in [0.2, 0.25) is 10.0 Å². The Labute approximate surface area is 209 Å². The van der Waals surface area contributed by atoms with Crippen LogP contribution in [0.2, 0.25) is 0 Å². The monoisotopic (exact) mass is 498 g/mol. The van der Waals surface area contributed by atoms with Crippen LogP contribution in [0.25, 0.3) is 11.0 Å². The standard InChI is InChI=1S/C27H38N4O3S/c1-5-7-21-8-10-22(11-9-21)27(20(3)4)28-19-26-29-24-18-23(12-13-25(24)31(26)6-2)35(32,33)30-14-16-34-17-15-30/h8-13,18,20,27-28H,5-7,14-17,19H2,1-4H3. The fourth-order valence-corrected chi connectivity index (χ4v) is 6.29. The molecule has 0 radical (unpaired) electrons. The number of sulfonamides is 1. The van der Waals surface area contributed by atoms with Crippen LogP contribution in [-0.4, -0.2) is 48.6 Å². The van der Waals surface area contributed by atoms with Crippen LogP contribution in [0.4, 0.5) is 0 Å². The lowest BCUT2D eigenvalue weighted by atomic mass is 9.94. The number of nitrogens with one attached hydrogen (secondary N) is 1. The van der Waals surface area contributed by atoms with Crippen LogP contribution in [0.1, 0.15) is 57.1 Å². The Morgan fingerprint density at radius 3 is 2.40 bits per heavy atom. The second-order valence-electron chi connectivity index (χ2n) is 9.53. The minimum atomic E-state index is -3.56. The fourth-order valence-electron chi connectivity index (χ4n) is 4.86. The molecule has 0 spiro atoms. The molecule has 4 rings (SSSR count). The van der Waals surface area contributed by atoms with Crippen LogP contribution < -0.4 is 5.32 Å². The zero-order valence-electron chi connectivity index (χ0n) is 21.3. The van der Waals surface area contributed by atoms with E-state index in [4.69, 9.17) is 9.72 Å². The third-order valence-corrected chi connectivity index (χ3v) is 8.64. The quantitative estimate of drug-likeness (QED) is 0.445. The molecule has 2 heterocycles. The van der Waals surface area contributed by atoms with Gasteiger partial charge in [0, 0.05) is 25.7 Å². The molecule has 2 aromatic carbocycles. The normalized spacial score (nSPS) is 16.3. The summed E-state index contributed by atoms with van der Waals surface area (Å²) in [7, 11) is -3.56. The summed E-state index contributed by atoms with van der Waals surface area (Å²) in [5, 5.41) is 3.71. The average Bonchev–Trinajstić information content (AvgIpc) is 3.22. The molecule has 1 saturated heterocycles. The Bertz CT molecular complexity index is 1230. The summed E-state index contributed by atoms with van der Waals surface area (Å²) in [5.74, 6) is 1.33. The van der Waals surface area contributed by atoms with Gasteiger partial charge in [0.05, 0.1) is 35.7 Å². The molecule has 8 heteroatoms. The van der Waals surface area contributed by atoms with E-state index in [2.05, 4.69) is 61.8 Å². The van der Waals surface area contributed by atoms with E-state index < -0.39 is 10.0 Å². The van der Waals surface area contributed by atoms with E-state index in [-0.39, 0.29) is 6.04 Å². The molecule has 0 bridgehead atoms. The number of aryl methyl sites for hydroxylation is 2. The number of nitrogens with zero attached hydrogens (tertiary/aromatic N) is 3. The molecule has 1 fully saturated rings.